The number of hydrogen-bond acceptors (Lipinski definition) is 2. The number of aryl methyl sites for hydroxylation is 1. The van der Waals surface area contributed by atoms with E-state index in [0.717, 1.165) is 6.42 Å². The summed E-state index contributed by atoms with van der Waals surface area (Å²) in [6, 6.07) is 11.1. The summed E-state index contributed by atoms with van der Waals surface area (Å²) in [6.45, 7) is 2.14. The average Bonchev–Trinajstić information content (AvgIpc) is 2.73. The van der Waals surface area contributed by atoms with Crippen molar-refractivity contribution in [1.29, 1.82) is 0 Å². The number of fused-ring (bicyclic) bond motifs is 1. The number of hydrogen-bond donors (Lipinski definition) is 1. The predicted octanol–water partition coefficient (Wildman–Crippen LogP) is 3.10. The summed E-state index contributed by atoms with van der Waals surface area (Å²) < 4.78 is 0. The van der Waals surface area contributed by atoms with Gasteiger partial charge in [-0.15, -0.1) is 0 Å². The van der Waals surface area contributed by atoms with Crippen molar-refractivity contribution in [2.45, 2.75) is 19.4 Å². The third-order valence-corrected chi connectivity index (χ3v) is 3.10. The van der Waals surface area contributed by atoms with Crippen LogP contribution in [0.2, 0.25) is 0 Å². The molecule has 0 amide bonds. The molecule has 3 rings (SSSR count). The first kappa shape index (κ1) is 9.40. The Morgan fingerprint density at radius 3 is 3.06 bits per heavy atom. The third-order valence-electron chi connectivity index (χ3n) is 3.10. The standard InChI is InChI=1S/C14H14N2/c1-10-4-5-13-12(7-10)8-14(16-13)11-3-2-6-15-9-11/h2-7,9,14,16H,8H2,1H3. The van der Waals surface area contributed by atoms with E-state index in [1.165, 1.54) is 22.4 Å². The van der Waals surface area contributed by atoms with Crippen LogP contribution in [0.15, 0.2) is 42.7 Å². The van der Waals surface area contributed by atoms with Gasteiger partial charge in [0.25, 0.3) is 0 Å². The maximum absolute atomic E-state index is 4.17. The van der Waals surface area contributed by atoms with Gasteiger partial charge in [-0.3, -0.25) is 4.98 Å². The molecule has 2 aromatic rings. The summed E-state index contributed by atoms with van der Waals surface area (Å²) in [7, 11) is 0. The van der Waals surface area contributed by atoms with Crippen LogP contribution >= 0.6 is 0 Å². The van der Waals surface area contributed by atoms with Gasteiger partial charge >= 0.3 is 0 Å². The van der Waals surface area contributed by atoms with E-state index in [4.69, 9.17) is 0 Å². The van der Waals surface area contributed by atoms with Gasteiger partial charge in [0, 0.05) is 18.1 Å². The van der Waals surface area contributed by atoms with Crippen molar-refractivity contribution in [3.05, 3.63) is 59.4 Å². The predicted molar refractivity (Wildman–Crippen MR) is 65.5 cm³/mol. The molecule has 0 aliphatic carbocycles. The molecular weight excluding hydrogens is 196 g/mol. The molecule has 2 nitrogen and oxygen atoms in total. The van der Waals surface area contributed by atoms with Crippen molar-refractivity contribution in [2.24, 2.45) is 0 Å². The summed E-state index contributed by atoms with van der Waals surface area (Å²) in [4.78, 5) is 4.17. The molecule has 1 unspecified atom stereocenters. The Kier molecular flexibility index (Phi) is 2.13. The molecule has 1 aromatic carbocycles. The van der Waals surface area contributed by atoms with Gasteiger partial charge in [0.15, 0.2) is 0 Å². The lowest BCUT2D eigenvalue weighted by Crippen LogP contribution is -2.05. The van der Waals surface area contributed by atoms with Crippen LogP contribution in [0.3, 0.4) is 0 Å². The molecule has 2 heteroatoms. The van der Waals surface area contributed by atoms with Crippen LogP contribution in [-0.4, -0.2) is 4.98 Å². The fraction of sp³-hybridized carbons (Fsp3) is 0.214. The molecule has 2 heterocycles. The van der Waals surface area contributed by atoms with Gasteiger partial charge in [-0.05, 0) is 36.6 Å². The summed E-state index contributed by atoms with van der Waals surface area (Å²) in [5.74, 6) is 0. The Labute approximate surface area is 95.3 Å². The van der Waals surface area contributed by atoms with E-state index in [0.29, 0.717) is 6.04 Å². The van der Waals surface area contributed by atoms with Crippen LogP contribution in [-0.2, 0) is 6.42 Å². The summed E-state index contributed by atoms with van der Waals surface area (Å²) in [6.07, 6.45) is 4.81. The fourth-order valence-corrected chi connectivity index (χ4v) is 2.27. The lowest BCUT2D eigenvalue weighted by molar-refractivity contribution is 0.817. The zero-order valence-electron chi connectivity index (χ0n) is 9.27. The van der Waals surface area contributed by atoms with E-state index in [9.17, 15) is 0 Å². The van der Waals surface area contributed by atoms with Crippen molar-refractivity contribution in [3.63, 3.8) is 0 Å². The van der Waals surface area contributed by atoms with Crippen LogP contribution in [0.1, 0.15) is 22.7 Å². The Bertz CT molecular complexity index is 505. The van der Waals surface area contributed by atoms with Crippen molar-refractivity contribution in [2.75, 3.05) is 5.32 Å². The van der Waals surface area contributed by atoms with Gasteiger partial charge in [0.2, 0.25) is 0 Å². The highest BCUT2D eigenvalue weighted by Crippen LogP contribution is 2.34. The first-order chi connectivity index (χ1) is 7.83. The number of anilines is 1. The van der Waals surface area contributed by atoms with E-state index < -0.39 is 0 Å². The molecule has 1 aliphatic heterocycles. The maximum Gasteiger partial charge on any atom is 0.0570 e. The van der Waals surface area contributed by atoms with Crippen molar-refractivity contribution in [3.8, 4) is 0 Å². The molecule has 80 valence electrons. The van der Waals surface area contributed by atoms with Crippen molar-refractivity contribution >= 4 is 5.69 Å². The van der Waals surface area contributed by atoms with Gasteiger partial charge in [-0.25, -0.2) is 0 Å². The molecular formula is C14H14N2. The molecule has 0 saturated carbocycles. The van der Waals surface area contributed by atoms with Crippen LogP contribution in [0.4, 0.5) is 5.69 Å². The Morgan fingerprint density at radius 1 is 1.31 bits per heavy atom. The number of nitrogens with one attached hydrogen (secondary N) is 1. The molecule has 0 radical (unpaired) electrons. The highest BCUT2D eigenvalue weighted by atomic mass is 15.0. The number of benzene rings is 1. The minimum Gasteiger partial charge on any atom is -0.378 e. The van der Waals surface area contributed by atoms with E-state index in [1.54, 1.807) is 0 Å². The smallest absolute Gasteiger partial charge is 0.0570 e. The zero-order valence-corrected chi connectivity index (χ0v) is 9.27. The second-order valence-electron chi connectivity index (χ2n) is 4.35. The summed E-state index contributed by atoms with van der Waals surface area (Å²) in [5, 5.41) is 3.54. The molecule has 16 heavy (non-hydrogen) atoms. The van der Waals surface area contributed by atoms with Crippen LogP contribution in [0.25, 0.3) is 0 Å². The highest BCUT2D eigenvalue weighted by Gasteiger charge is 2.21. The van der Waals surface area contributed by atoms with Crippen LogP contribution < -0.4 is 5.32 Å². The fourth-order valence-electron chi connectivity index (χ4n) is 2.27. The van der Waals surface area contributed by atoms with Gasteiger partial charge < -0.3 is 5.32 Å². The summed E-state index contributed by atoms with van der Waals surface area (Å²) >= 11 is 0. The maximum atomic E-state index is 4.17. The Morgan fingerprint density at radius 2 is 2.25 bits per heavy atom. The minimum atomic E-state index is 0.380. The number of pyridine rings is 1. The van der Waals surface area contributed by atoms with Crippen LogP contribution in [0, 0.1) is 6.92 Å². The second-order valence-corrected chi connectivity index (χ2v) is 4.35. The first-order valence-corrected chi connectivity index (χ1v) is 5.59. The molecule has 0 saturated heterocycles. The first-order valence-electron chi connectivity index (χ1n) is 5.59. The molecule has 0 bridgehead atoms. The number of aromatic nitrogens is 1. The second kappa shape index (κ2) is 3.63. The van der Waals surface area contributed by atoms with Crippen molar-refractivity contribution < 1.29 is 0 Å². The molecule has 1 aliphatic rings. The third kappa shape index (κ3) is 1.56. The van der Waals surface area contributed by atoms with Gasteiger partial charge in [0.1, 0.15) is 0 Å². The van der Waals surface area contributed by atoms with E-state index >= 15 is 0 Å². The SMILES string of the molecule is Cc1ccc2c(c1)CC(c1cccnc1)N2. The zero-order chi connectivity index (χ0) is 11.0. The topological polar surface area (TPSA) is 24.9 Å². The van der Waals surface area contributed by atoms with Gasteiger partial charge in [-0.1, -0.05) is 23.8 Å². The Balaban J connectivity index is 1.91. The summed E-state index contributed by atoms with van der Waals surface area (Å²) in [5.41, 5.74) is 5.26. The van der Waals surface area contributed by atoms with E-state index in [-0.39, 0.29) is 0 Å². The lowest BCUT2D eigenvalue weighted by atomic mass is 10.0. The minimum absolute atomic E-state index is 0.380. The average molecular weight is 210 g/mol. The Hall–Kier alpha value is -1.83. The quantitative estimate of drug-likeness (QED) is 0.782. The molecule has 1 N–H and O–H groups in total. The van der Waals surface area contributed by atoms with E-state index in [1.807, 2.05) is 18.5 Å². The lowest BCUT2D eigenvalue weighted by Gasteiger charge is -2.10. The van der Waals surface area contributed by atoms with Crippen LogP contribution in [0.5, 0.6) is 0 Å². The highest BCUT2D eigenvalue weighted by molar-refractivity contribution is 5.59. The van der Waals surface area contributed by atoms with Gasteiger partial charge in [-0.2, -0.15) is 0 Å². The molecule has 0 spiro atoms. The van der Waals surface area contributed by atoms with Crippen molar-refractivity contribution in [1.82, 2.24) is 4.98 Å². The van der Waals surface area contributed by atoms with Gasteiger partial charge in [0.05, 0.1) is 6.04 Å². The molecule has 1 aromatic heterocycles. The molecule has 1 atom stereocenters. The number of nitrogens with zero attached hydrogens (tertiary/aromatic N) is 1. The molecule has 0 fully saturated rings. The normalized spacial score (nSPS) is 17.9. The number of rotatable bonds is 1. The monoisotopic (exact) mass is 210 g/mol. The van der Waals surface area contributed by atoms with E-state index in [2.05, 4.69) is 41.5 Å². The largest absolute Gasteiger partial charge is 0.378 e.